The van der Waals surface area contributed by atoms with Gasteiger partial charge in [0.25, 0.3) is 0 Å². The number of rotatable bonds is 3. The molecule has 0 saturated carbocycles. The lowest BCUT2D eigenvalue weighted by Gasteiger charge is -2.12. The number of anilines is 1. The Morgan fingerprint density at radius 1 is 1.04 bits per heavy atom. The minimum absolute atomic E-state index is 0. The average Bonchev–Trinajstić information content (AvgIpc) is 3.05. The number of aromatic nitrogens is 5. The first-order valence-corrected chi connectivity index (χ1v) is 8.54. The van der Waals surface area contributed by atoms with Gasteiger partial charge < -0.3 is 16.0 Å². The predicted molar refractivity (Wildman–Crippen MR) is 109 cm³/mol. The second-order valence-corrected chi connectivity index (χ2v) is 6.62. The summed E-state index contributed by atoms with van der Waals surface area (Å²) < 4.78 is 0. The highest BCUT2D eigenvalue weighted by molar-refractivity contribution is 6.33. The Kier molecular flexibility index (Phi) is 5.07. The zero-order valence-corrected chi connectivity index (χ0v) is 16.1. The maximum Gasteiger partial charge on any atom is 0.225 e. The standard InChI is InChI=1S/C19H17ClN6.H3N/c1-11-10-15(24-19(22-11)26(2)3)16-17-14(8-9-21-16)23-18(25-17)12-6-4-5-7-13(12)20;/h4-10H,1-3H3,(H,23,25);1H3. The van der Waals surface area contributed by atoms with Crippen molar-refractivity contribution in [2.24, 2.45) is 0 Å². The van der Waals surface area contributed by atoms with E-state index < -0.39 is 0 Å². The second kappa shape index (κ2) is 7.30. The molecule has 4 aromatic rings. The van der Waals surface area contributed by atoms with Gasteiger partial charge in [0, 0.05) is 31.5 Å². The summed E-state index contributed by atoms with van der Waals surface area (Å²) in [6, 6.07) is 11.4. The fourth-order valence-electron chi connectivity index (χ4n) is 2.78. The topological polar surface area (TPSA) is 106 Å². The van der Waals surface area contributed by atoms with Gasteiger partial charge in [-0.15, -0.1) is 0 Å². The molecule has 138 valence electrons. The van der Waals surface area contributed by atoms with E-state index in [1.165, 1.54) is 0 Å². The van der Waals surface area contributed by atoms with E-state index in [1.807, 2.05) is 62.3 Å². The number of nitrogens with zero attached hydrogens (tertiary/aromatic N) is 5. The number of halogens is 1. The molecule has 4 rings (SSSR count). The first-order valence-electron chi connectivity index (χ1n) is 8.16. The molecule has 0 aliphatic rings. The van der Waals surface area contributed by atoms with E-state index in [1.54, 1.807) is 6.20 Å². The molecule has 0 unspecified atom stereocenters. The van der Waals surface area contributed by atoms with Gasteiger partial charge in [0.1, 0.15) is 11.5 Å². The van der Waals surface area contributed by atoms with Gasteiger partial charge in [-0.05, 0) is 31.2 Å². The Morgan fingerprint density at radius 3 is 2.56 bits per heavy atom. The smallest absolute Gasteiger partial charge is 0.225 e. The highest BCUT2D eigenvalue weighted by atomic mass is 35.5. The van der Waals surface area contributed by atoms with Crippen LogP contribution in [0.1, 0.15) is 5.69 Å². The van der Waals surface area contributed by atoms with E-state index in [9.17, 15) is 0 Å². The Hall–Kier alpha value is -3.03. The SMILES string of the molecule is Cc1cc(-c2nccc3nc(-c4ccccc4Cl)[nH]c23)nc(N(C)C)n1.N. The molecule has 0 fully saturated rings. The molecular weight excluding hydrogens is 362 g/mol. The monoisotopic (exact) mass is 381 g/mol. The van der Waals surface area contributed by atoms with Crippen molar-refractivity contribution >= 4 is 28.6 Å². The molecule has 7 nitrogen and oxygen atoms in total. The van der Waals surface area contributed by atoms with Crippen LogP contribution in [0.3, 0.4) is 0 Å². The Labute approximate surface area is 162 Å². The van der Waals surface area contributed by atoms with E-state index in [0.717, 1.165) is 33.7 Å². The number of H-pyrrole nitrogens is 1. The molecular formula is C19H20ClN7. The molecule has 1 aromatic carbocycles. The molecule has 0 amide bonds. The normalized spacial score (nSPS) is 10.7. The van der Waals surface area contributed by atoms with Crippen molar-refractivity contribution in [1.29, 1.82) is 0 Å². The van der Waals surface area contributed by atoms with Crippen LogP contribution in [0.2, 0.25) is 5.02 Å². The molecule has 27 heavy (non-hydrogen) atoms. The number of imidazole rings is 1. The summed E-state index contributed by atoms with van der Waals surface area (Å²) in [4.78, 5) is 23.5. The molecule has 0 bridgehead atoms. The van der Waals surface area contributed by atoms with Crippen LogP contribution in [-0.2, 0) is 0 Å². The van der Waals surface area contributed by atoms with E-state index in [2.05, 4.69) is 24.9 Å². The third-order valence-electron chi connectivity index (χ3n) is 4.02. The first kappa shape index (κ1) is 18.8. The van der Waals surface area contributed by atoms with Crippen molar-refractivity contribution in [3.05, 3.63) is 53.3 Å². The molecule has 0 aliphatic carbocycles. The first-order chi connectivity index (χ1) is 12.5. The lowest BCUT2D eigenvalue weighted by Crippen LogP contribution is -2.13. The Bertz CT molecular complexity index is 1100. The second-order valence-electron chi connectivity index (χ2n) is 6.21. The van der Waals surface area contributed by atoms with Crippen molar-refractivity contribution in [2.75, 3.05) is 19.0 Å². The van der Waals surface area contributed by atoms with Crippen molar-refractivity contribution < 1.29 is 0 Å². The summed E-state index contributed by atoms with van der Waals surface area (Å²) in [6.45, 7) is 1.94. The molecule has 0 atom stereocenters. The van der Waals surface area contributed by atoms with Gasteiger partial charge >= 0.3 is 0 Å². The van der Waals surface area contributed by atoms with Crippen LogP contribution in [0.5, 0.6) is 0 Å². The summed E-state index contributed by atoms with van der Waals surface area (Å²) in [7, 11) is 3.83. The number of hydrogen-bond donors (Lipinski definition) is 2. The molecule has 0 radical (unpaired) electrons. The van der Waals surface area contributed by atoms with Gasteiger partial charge in [0.15, 0.2) is 0 Å². The van der Waals surface area contributed by atoms with Crippen molar-refractivity contribution in [1.82, 2.24) is 31.1 Å². The summed E-state index contributed by atoms with van der Waals surface area (Å²) in [5, 5.41) is 0.647. The van der Waals surface area contributed by atoms with Crippen molar-refractivity contribution in [2.45, 2.75) is 6.92 Å². The minimum Gasteiger partial charge on any atom is -0.347 e. The van der Waals surface area contributed by atoms with Crippen LogP contribution < -0.4 is 11.1 Å². The lowest BCUT2D eigenvalue weighted by atomic mass is 10.2. The van der Waals surface area contributed by atoms with Crippen molar-refractivity contribution in [3.8, 4) is 22.8 Å². The van der Waals surface area contributed by atoms with E-state index in [0.29, 0.717) is 16.8 Å². The number of fused-ring (bicyclic) bond motifs is 1. The molecule has 0 saturated heterocycles. The average molecular weight is 382 g/mol. The molecule has 3 aromatic heterocycles. The molecule has 8 heteroatoms. The minimum atomic E-state index is 0. The lowest BCUT2D eigenvalue weighted by molar-refractivity contribution is 0.978. The maximum absolute atomic E-state index is 6.32. The summed E-state index contributed by atoms with van der Waals surface area (Å²) >= 11 is 6.32. The van der Waals surface area contributed by atoms with Crippen LogP contribution in [0.4, 0.5) is 5.95 Å². The third-order valence-corrected chi connectivity index (χ3v) is 4.35. The number of benzene rings is 1. The predicted octanol–water partition coefficient (Wildman–Crippen LogP) is 4.27. The fourth-order valence-corrected chi connectivity index (χ4v) is 3.01. The number of aryl methyl sites for hydroxylation is 1. The van der Waals surface area contributed by atoms with Gasteiger partial charge in [-0.1, -0.05) is 23.7 Å². The van der Waals surface area contributed by atoms with E-state index >= 15 is 0 Å². The van der Waals surface area contributed by atoms with Gasteiger partial charge in [0.2, 0.25) is 5.95 Å². The van der Waals surface area contributed by atoms with Gasteiger partial charge in [-0.2, -0.15) is 0 Å². The Morgan fingerprint density at radius 2 is 1.81 bits per heavy atom. The van der Waals surface area contributed by atoms with Gasteiger partial charge in [-0.25, -0.2) is 15.0 Å². The van der Waals surface area contributed by atoms with Crippen LogP contribution in [0.25, 0.3) is 33.8 Å². The quantitative estimate of drug-likeness (QED) is 0.548. The maximum atomic E-state index is 6.32. The molecule has 0 aliphatic heterocycles. The van der Waals surface area contributed by atoms with Crippen LogP contribution in [0.15, 0.2) is 42.6 Å². The van der Waals surface area contributed by atoms with E-state index in [-0.39, 0.29) is 6.15 Å². The summed E-state index contributed by atoms with van der Waals surface area (Å²) in [5.41, 5.74) is 4.85. The molecule has 3 heterocycles. The highest BCUT2D eigenvalue weighted by Crippen LogP contribution is 2.30. The summed E-state index contributed by atoms with van der Waals surface area (Å²) in [6.07, 6.45) is 1.74. The van der Waals surface area contributed by atoms with Gasteiger partial charge in [0.05, 0.1) is 21.7 Å². The van der Waals surface area contributed by atoms with Crippen LogP contribution >= 0.6 is 11.6 Å². The van der Waals surface area contributed by atoms with E-state index in [4.69, 9.17) is 11.6 Å². The number of nitrogens with one attached hydrogen (secondary N) is 1. The zero-order valence-electron chi connectivity index (χ0n) is 15.4. The van der Waals surface area contributed by atoms with Crippen LogP contribution in [-0.4, -0.2) is 39.0 Å². The van der Waals surface area contributed by atoms with Gasteiger partial charge in [-0.3, -0.25) is 4.98 Å². The van der Waals surface area contributed by atoms with Crippen LogP contribution in [0, 0.1) is 6.92 Å². The largest absolute Gasteiger partial charge is 0.347 e. The zero-order chi connectivity index (χ0) is 18.3. The fraction of sp³-hybridized carbons (Fsp3) is 0.158. The number of hydrogen-bond acceptors (Lipinski definition) is 6. The summed E-state index contributed by atoms with van der Waals surface area (Å²) in [5.74, 6) is 1.35. The molecule has 0 spiro atoms. The Balaban J connectivity index is 0.00000210. The number of pyridine rings is 1. The number of aromatic amines is 1. The third kappa shape index (κ3) is 3.47. The van der Waals surface area contributed by atoms with Crippen molar-refractivity contribution in [3.63, 3.8) is 0 Å². The highest BCUT2D eigenvalue weighted by Gasteiger charge is 2.15. The molecule has 4 N–H and O–H groups in total.